The van der Waals surface area contributed by atoms with Crippen molar-refractivity contribution in [3.8, 4) is 11.5 Å². The number of esters is 1. The summed E-state index contributed by atoms with van der Waals surface area (Å²) in [4.78, 5) is 44.0. The van der Waals surface area contributed by atoms with E-state index in [-0.39, 0.29) is 6.42 Å². The van der Waals surface area contributed by atoms with Crippen LogP contribution in [-0.2, 0) is 24.4 Å². The number of amides is 2. The highest BCUT2D eigenvalue weighted by atomic mass is 16.6. The molecule has 0 aliphatic carbocycles. The van der Waals surface area contributed by atoms with Gasteiger partial charge in [0.05, 0.1) is 32.4 Å². The number of benzene rings is 2. The van der Waals surface area contributed by atoms with E-state index in [1.165, 1.54) is 16.9 Å². The zero-order chi connectivity index (χ0) is 29.6. The smallest absolute Gasteiger partial charge is 0.416 e. The maximum absolute atomic E-state index is 14.0. The van der Waals surface area contributed by atoms with E-state index >= 15 is 0 Å². The molecule has 2 aromatic carbocycles. The molecule has 10 heteroatoms. The average molecular weight is 555 g/mol. The maximum atomic E-state index is 14.0. The minimum atomic E-state index is -1.14. The molecule has 0 spiro atoms. The highest BCUT2D eigenvalue weighted by Crippen LogP contribution is 2.60. The number of methoxy groups -OCH3 is 3. The lowest BCUT2D eigenvalue weighted by Crippen LogP contribution is -2.58. The molecule has 40 heavy (non-hydrogen) atoms. The van der Waals surface area contributed by atoms with Gasteiger partial charge in [-0.2, -0.15) is 0 Å². The molecule has 10 nitrogen and oxygen atoms in total. The molecular formula is C30H38N2O8. The Balaban J connectivity index is 2.08. The first kappa shape index (κ1) is 29.0. The van der Waals surface area contributed by atoms with Gasteiger partial charge >= 0.3 is 18.2 Å². The molecular weight excluding hydrogens is 516 g/mol. The van der Waals surface area contributed by atoms with E-state index in [0.717, 1.165) is 5.56 Å². The normalized spacial score (nSPS) is 21.8. The van der Waals surface area contributed by atoms with Gasteiger partial charge in [0.1, 0.15) is 34.9 Å². The van der Waals surface area contributed by atoms with Crippen LogP contribution in [0.25, 0.3) is 0 Å². The number of hydrogen-bond acceptors (Lipinski definition) is 8. The number of rotatable bonds is 4. The fraction of sp³-hybridized carbons (Fsp3) is 0.500. The topological polar surface area (TPSA) is 104 Å². The van der Waals surface area contributed by atoms with Crippen molar-refractivity contribution < 1.29 is 38.1 Å². The van der Waals surface area contributed by atoms with Gasteiger partial charge in [-0.25, -0.2) is 14.4 Å². The summed E-state index contributed by atoms with van der Waals surface area (Å²) in [6.45, 7) is 10.5. The SMILES string of the molecule is COC(=O)[C@@H]1C[C@@]2(c3cc(OC)ccc3OC)c3ccccc3N(C(=O)OC(C)(C)C)[C@H]2N1C(=O)OC(C)(C)C. The zero-order valence-electron chi connectivity index (χ0n) is 24.6. The van der Waals surface area contributed by atoms with Crippen LogP contribution in [0.4, 0.5) is 15.3 Å². The Kier molecular flexibility index (Phi) is 7.42. The van der Waals surface area contributed by atoms with Gasteiger partial charge in [-0.3, -0.25) is 9.80 Å². The van der Waals surface area contributed by atoms with E-state index < -0.39 is 47.0 Å². The summed E-state index contributed by atoms with van der Waals surface area (Å²) in [5.41, 5.74) is -0.942. The van der Waals surface area contributed by atoms with Gasteiger partial charge < -0.3 is 23.7 Å². The lowest BCUT2D eigenvalue weighted by molar-refractivity contribution is -0.146. The number of hydrogen-bond donors (Lipinski definition) is 0. The van der Waals surface area contributed by atoms with Gasteiger partial charge in [0.2, 0.25) is 0 Å². The predicted molar refractivity (Wildman–Crippen MR) is 148 cm³/mol. The Hall–Kier alpha value is -3.95. The molecule has 0 saturated carbocycles. The summed E-state index contributed by atoms with van der Waals surface area (Å²) >= 11 is 0. The van der Waals surface area contributed by atoms with E-state index in [1.807, 2.05) is 24.3 Å². The first-order chi connectivity index (χ1) is 18.7. The Morgan fingerprint density at radius 3 is 2.02 bits per heavy atom. The Bertz CT molecular complexity index is 1310. The summed E-state index contributed by atoms with van der Waals surface area (Å²) in [6.07, 6.45) is -2.41. The Morgan fingerprint density at radius 1 is 0.825 bits per heavy atom. The van der Waals surface area contributed by atoms with Crippen molar-refractivity contribution in [2.24, 2.45) is 0 Å². The minimum absolute atomic E-state index is 0.0867. The average Bonchev–Trinajstić information content (AvgIpc) is 3.36. The zero-order valence-corrected chi connectivity index (χ0v) is 24.6. The Labute approximate surface area is 235 Å². The van der Waals surface area contributed by atoms with Crippen LogP contribution in [0.5, 0.6) is 11.5 Å². The molecule has 1 fully saturated rings. The van der Waals surface area contributed by atoms with Crippen molar-refractivity contribution in [3.05, 3.63) is 53.6 Å². The van der Waals surface area contributed by atoms with Gasteiger partial charge in [-0.1, -0.05) is 18.2 Å². The van der Waals surface area contributed by atoms with E-state index in [4.69, 9.17) is 23.7 Å². The number of nitrogens with zero attached hydrogens (tertiary/aromatic N) is 2. The summed E-state index contributed by atoms with van der Waals surface area (Å²) in [5, 5.41) is 0. The lowest BCUT2D eigenvalue weighted by atomic mass is 9.72. The summed E-state index contributed by atoms with van der Waals surface area (Å²) in [6, 6.07) is 11.6. The van der Waals surface area contributed by atoms with Gasteiger partial charge in [0, 0.05) is 5.56 Å². The molecule has 2 aromatic rings. The fourth-order valence-electron chi connectivity index (χ4n) is 5.64. The van der Waals surface area contributed by atoms with Crippen LogP contribution < -0.4 is 14.4 Å². The second-order valence-electron chi connectivity index (χ2n) is 11.9. The molecule has 3 atom stereocenters. The first-order valence-corrected chi connectivity index (χ1v) is 13.1. The van der Waals surface area contributed by atoms with Crippen LogP contribution in [0.15, 0.2) is 42.5 Å². The molecule has 2 amide bonds. The molecule has 0 radical (unpaired) electrons. The molecule has 0 aromatic heterocycles. The molecule has 2 heterocycles. The van der Waals surface area contributed by atoms with E-state index in [0.29, 0.717) is 22.7 Å². The molecule has 2 aliphatic heterocycles. The van der Waals surface area contributed by atoms with Crippen molar-refractivity contribution in [3.63, 3.8) is 0 Å². The highest BCUT2D eigenvalue weighted by Gasteiger charge is 2.67. The molecule has 0 bridgehead atoms. The lowest BCUT2D eigenvalue weighted by Gasteiger charge is -2.39. The summed E-state index contributed by atoms with van der Waals surface area (Å²) in [5.74, 6) is 0.409. The second kappa shape index (κ2) is 10.2. The van der Waals surface area contributed by atoms with Crippen LogP contribution in [0.3, 0.4) is 0 Å². The molecule has 216 valence electrons. The van der Waals surface area contributed by atoms with Crippen LogP contribution in [0.1, 0.15) is 59.1 Å². The Morgan fingerprint density at radius 2 is 1.45 bits per heavy atom. The quantitative estimate of drug-likeness (QED) is 0.373. The third kappa shape index (κ3) is 4.91. The molecule has 2 aliphatic rings. The van der Waals surface area contributed by atoms with Crippen molar-refractivity contribution in [1.29, 1.82) is 0 Å². The number of fused-ring (bicyclic) bond motifs is 3. The monoisotopic (exact) mass is 554 g/mol. The molecule has 0 unspecified atom stereocenters. The van der Waals surface area contributed by atoms with Crippen LogP contribution in [-0.4, -0.2) is 67.8 Å². The van der Waals surface area contributed by atoms with Gasteiger partial charge in [-0.05, 0) is 77.8 Å². The third-order valence-corrected chi connectivity index (χ3v) is 7.00. The fourth-order valence-corrected chi connectivity index (χ4v) is 5.64. The molecule has 4 rings (SSSR count). The summed E-state index contributed by atoms with van der Waals surface area (Å²) in [7, 11) is 4.36. The van der Waals surface area contributed by atoms with Gasteiger partial charge in [-0.15, -0.1) is 0 Å². The van der Waals surface area contributed by atoms with Crippen LogP contribution in [0, 0.1) is 0 Å². The number of ether oxygens (including phenoxy) is 5. The van der Waals surface area contributed by atoms with Crippen molar-refractivity contribution in [2.45, 2.75) is 76.8 Å². The van der Waals surface area contributed by atoms with E-state index in [9.17, 15) is 14.4 Å². The van der Waals surface area contributed by atoms with Crippen molar-refractivity contribution in [1.82, 2.24) is 4.90 Å². The standard InChI is InChI=1S/C30H38N2O8/c1-28(2,3)39-26(34)31-21-13-11-10-12-19(21)30(20-16-18(36-7)14-15-23(20)37-8)17-22(24(33)38-9)32(25(30)31)27(35)40-29(4,5)6/h10-16,22,25H,17H2,1-9H3/t22-,25-,30-/m0/s1. The molecule has 0 N–H and O–H groups in total. The number of anilines is 1. The highest BCUT2D eigenvalue weighted by molar-refractivity contribution is 5.96. The second-order valence-corrected chi connectivity index (χ2v) is 11.9. The number of para-hydroxylation sites is 1. The maximum Gasteiger partial charge on any atom is 0.416 e. The van der Waals surface area contributed by atoms with Crippen molar-refractivity contribution >= 4 is 23.8 Å². The third-order valence-electron chi connectivity index (χ3n) is 7.00. The number of carbonyl (C=O) groups excluding carboxylic acids is 3. The summed E-state index contributed by atoms with van der Waals surface area (Å²) < 4.78 is 28.2. The van der Waals surface area contributed by atoms with E-state index in [2.05, 4.69) is 0 Å². The van der Waals surface area contributed by atoms with Gasteiger partial charge in [0.25, 0.3) is 0 Å². The number of likely N-dealkylation sites (tertiary alicyclic amines) is 1. The molecule has 1 saturated heterocycles. The van der Waals surface area contributed by atoms with Crippen LogP contribution in [0.2, 0.25) is 0 Å². The predicted octanol–water partition coefficient (Wildman–Crippen LogP) is 5.25. The van der Waals surface area contributed by atoms with Crippen molar-refractivity contribution in [2.75, 3.05) is 26.2 Å². The van der Waals surface area contributed by atoms with Gasteiger partial charge in [0.15, 0.2) is 0 Å². The van der Waals surface area contributed by atoms with E-state index in [1.54, 1.807) is 74.0 Å². The largest absolute Gasteiger partial charge is 0.497 e. The van der Waals surface area contributed by atoms with Crippen LogP contribution >= 0.6 is 0 Å². The number of carbonyl (C=O) groups is 3. The minimum Gasteiger partial charge on any atom is -0.497 e. The first-order valence-electron chi connectivity index (χ1n) is 13.1.